The van der Waals surface area contributed by atoms with Crippen LogP contribution < -0.4 is 4.90 Å². The van der Waals surface area contributed by atoms with Crippen LogP contribution in [0.25, 0.3) is 0 Å². The Hall–Kier alpha value is -1.38. The highest BCUT2D eigenvalue weighted by Crippen LogP contribution is 2.30. The van der Waals surface area contributed by atoms with Gasteiger partial charge in [-0.15, -0.1) is 11.6 Å². The monoisotopic (exact) mass is 333 g/mol. The summed E-state index contributed by atoms with van der Waals surface area (Å²) in [7, 11) is -3.21. The van der Waals surface area contributed by atoms with E-state index in [9.17, 15) is 18.5 Å². The van der Waals surface area contributed by atoms with Crippen LogP contribution in [-0.2, 0) is 15.9 Å². The summed E-state index contributed by atoms with van der Waals surface area (Å²) in [6.45, 7) is 1.50. The van der Waals surface area contributed by atoms with Gasteiger partial charge in [0.2, 0.25) is 10.0 Å². The summed E-state index contributed by atoms with van der Waals surface area (Å²) >= 11 is 5.70. The van der Waals surface area contributed by atoms with Gasteiger partial charge in [-0.25, -0.2) is 8.42 Å². The molecule has 0 aromatic heterocycles. The molecule has 7 nitrogen and oxygen atoms in total. The number of anilines is 1. The Morgan fingerprint density at radius 1 is 1.29 bits per heavy atom. The molecule has 0 aliphatic carbocycles. The van der Waals surface area contributed by atoms with Gasteiger partial charge in [0.25, 0.3) is 5.69 Å². The first-order valence-electron chi connectivity index (χ1n) is 6.36. The van der Waals surface area contributed by atoms with Crippen LogP contribution in [0, 0.1) is 10.1 Å². The summed E-state index contributed by atoms with van der Waals surface area (Å²) in [6, 6.07) is 4.88. The van der Waals surface area contributed by atoms with E-state index in [4.69, 9.17) is 11.6 Å². The molecule has 1 aromatic rings. The summed E-state index contributed by atoms with van der Waals surface area (Å²) in [5.74, 6) is 0.211. The molecule has 0 atom stereocenters. The second-order valence-corrected chi connectivity index (χ2v) is 7.11. The number of alkyl halides is 1. The van der Waals surface area contributed by atoms with E-state index in [2.05, 4.69) is 0 Å². The molecular weight excluding hydrogens is 318 g/mol. The number of piperazine rings is 1. The van der Waals surface area contributed by atoms with E-state index in [1.165, 1.54) is 16.6 Å². The van der Waals surface area contributed by atoms with Crippen LogP contribution in [0.3, 0.4) is 0 Å². The Kier molecular flexibility index (Phi) is 4.70. The van der Waals surface area contributed by atoms with Crippen molar-refractivity contribution in [1.29, 1.82) is 0 Å². The van der Waals surface area contributed by atoms with Crippen molar-refractivity contribution < 1.29 is 13.3 Å². The highest BCUT2D eigenvalue weighted by Gasteiger charge is 2.27. The molecule has 0 bridgehead atoms. The third kappa shape index (κ3) is 3.63. The highest BCUT2D eigenvalue weighted by atomic mass is 35.5. The van der Waals surface area contributed by atoms with Crippen LogP contribution in [0.1, 0.15) is 5.56 Å². The third-order valence-corrected chi connectivity index (χ3v) is 5.05. The zero-order valence-corrected chi connectivity index (χ0v) is 13.1. The molecule has 0 radical (unpaired) electrons. The van der Waals surface area contributed by atoms with Crippen LogP contribution in [-0.4, -0.2) is 50.1 Å². The number of nitrogens with zero attached hydrogens (tertiary/aromatic N) is 3. The fourth-order valence-electron chi connectivity index (χ4n) is 2.33. The number of benzene rings is 1. The van der Waals surface area contributed by atoms with Gasteiger partial charge in [-0.1, -0.05) is 6.07 Å². The maximum atomic E-state index is 11.5. The summed E-state index contributed by atoms with van der Waals surface area (Å²) in [5.41, 5.74) is 1.19. The number of nitro benzene ring substituents is 1. The van der Waals surface area contributed by atoms with Gasteiger partial charge in [0.1, 0.15) is 5.69 Å². The molecule has 0 unspecified atom stereocenters. The molecule has 1 heterocycles. The van der Waals surface area contributed by atoms with Gasteiger partial charge >= 0.3 is 0 Å². The minimum atomic E-state index is -3.21. The first-order valence-corrected chi connectivity index (χ1v) is 8.74. The van der Waals surface area contributed by atoms with Crippen LogP contribution in [0.15, 0.2) is 18.2 Å². The largest absolute Gasteiger partial charge is 0.363 e. The van der Waals surface area contributed by atoms with Crippen molar-refractivity contribution in [3.05, 3.63) is 33.9 Å². The second-order valence-electron chi connectivity index (χ2n) is 4.86. The highest BCUT2D eigenvalue weighted by molar-refractivity contribution is 7.88. The van der Waals surface area contributed by atoms with Crippen LogP contribution in [0.5, 0.6) is 0 Å². The molecule has 0 amide bonds. The zero-order valence-electron chi connectivity index (χ0n) is 11.5. The molecule has 1 saturated heterocycles. The second kappa shape index (κ2) is 6.17. The van der Waals surface area contributed by atoms with E-state index in [0.717, 1.165) is 0 Å². The fraction of sp³-hybridized carbons (Fsp3) is 0.500. The maximum Gasteiger partial charge on any atom is 0.292 e. The Morgan fingerprint density at radius 3 is 2.38 bits per heavy atom. The molecule has 1 aliphatic rings. The topological polar surface area (TPSA) is 83.8 Å². The van der Waals surface area contributed by atoms with E-state index in [1.807, 2.05) is 4.90 Å². The Morgan fingerprint density at radius 2 is 1.90 bits per heavy atom. The lowest BCUT2D eigenvalue weighted by atomic mass is 10.1. The van der Waals surface area contributed by atoms with Gasteiger partial charge < -0.3 is 4.90 Å². The van der Waals surface area contributed by atoms with Gasteiger partial charge in [-0.2, -0.15) is 4.31 Å². The van der Waals surface area contributed by atoms with Gasteiger partial charge in [0, 0.05) is 38.1 Å². The van der Waals surface area contributed by atoms with Crippen LogP contribution in [0.4, 0.5) is 11.4 Å². The van der Waals surface area contributed by atoms with Gasteiger partial charge in [0.05, 0.1) is 11.2 Å². The van der Waals surface area contributed by atoms with E-state index in [-0.39, 0.29) is 11.6 Å². The number of hydrogen-bond acceptors (Lipinski definition) is 5. The third-order valence-electron chi connectivity index (χ3n) is 3.44. The molecule has 9 heteroatoms. The van der Waals surface area contributed by atoms with E-state index < -0.39 is 14.9 Å². The SMILES string of the molecule is CS(=O)(=O)N1CCN(c2ccc(CCl)cc2[N+](=O)[O-])CC1. The molecule has 2 rings (SSSR count). The number of rotatable bonds is 4. The molecule has 1 fully saturated rings. The number of halogens is 1. The smallest absolute Gasteiger partial charge is 0.292 e. The van der Waals surface area contributed by atoms with Crippen molar-refractivity contribution in [2.75, 3.05) is 37.3 Å². The normalized spacial score (nSPS) is 17.0. The van der Waals surface area contributed by atoms with Crippen LogP contribution in [0.2, 0.25) is 0 Å². The average molecular weight is 334 g/mol. The number of hydrogen-bond donors (Lipinski definition) is 0. The fourth-order valence-corrected chi connectivity index (χ4v) is 3.32. The molecule has 21 heavy (non-hydrogen) atoms. The predicted octanol–water partition coefficient (Wildman–Crippen LogP) is 1.42. The Labute approximate surface area is 128 Å². The molecule has 116 valence electrons. The maximum absolute atomic E-state index is 11.5. The number of nitro groups is 1. The summed E-state index contributed by atoms with van der Waals surface area (Å²) < 4.78 is 24.3. The Balaban J connectivity index is 2.22. The first kappa shape index (κ1) is 16.0. The lowest BCUT2D eigenvalue weighted by molar-refractivity contribution is -0.384. The number of sulfonamides is 1. The first-order chi connectivity index (χ1) is 9.82. The lowest BCUT2D eigenvalue weighted by Crippen LogP contribution is -2.48. The molecule has 0 spiro atoms. The van der Waals surface area contributed by atoms with Crippen molar-refractivity contribution in [3.63, 3.8) is 0 Å². The van der Waals surface area contributed by atoms with Gasteiger partial charge in [0.15, 0.2) is 0 Å². The molecular formula is C12H16ClN3O4S. The predicted molar refractivity (Wildman–Crippen MR) is 81.3 cm³/mol. The zero-order chi connectivity index (χ0) is 15.6. The van der Waals surface area contributed by atoms with E-state index in [0.29, 0.717) is 37.4 Å². The minimum absolute atomic E-state index is 0.000885. The summed E-state index contributed by atoms with van der Waals surface area (Å²) in [5, 5.41) is 11.2. The standard InChI is InChI=1S/C12H16ClN3O4S/c1-21(19,20)15-6-4-14(5-7-15)11-3-2-10(9-13)8-12(11)16(17)18/h2-3,8H,4-7,9H2,1H3. The van der Waals surface area contributed by atoms with Gasteiger partial charge in [-0.05, 0) is 11.6 Å². The van der Waals surface area contributed by atoms with E-state index >= 15 is 0 Å². The van der Waals surface area contributed by atoms with Crippen molar-refractivity contribution in [1.82, 2.24) is 4.31 Å². The Bertz CT molecular complexity index is 642. The summed E-state index contributed by atoms with van der Waals surface area (Å²) in [4.78, 5) is 12.6. The molecule has 1 aromatic carbocycles. The van der Waals surface area contributed by atoms with Crippen molar-refractivity contribution in [2.45, 2.75) is 5.88 Å². The molecule has 0 saturated carbocycles. The van der Waals surface area contributed by atoms with E-state index in [1.54, 1.807) is 12.1 Å². The lowest BCUT2D eigenvalue weighted by Gasteiger charge is -2.34. The quantitative estimate of drug-likeness (QED) is 0.472. The molecule has 1 aliphatic heterocycles. The van der Waals surface area contributed by atoms with Gasteiger partial charge in [-0.3, -0.25) is 10.1 Å². The summed E-state index contributed by atoms with van der Waals surface area (Å²) in [6.07, 6.45) is 1.17. The van der Waals surface area contributed by atoms with Crippen LogP contribution >= 0.6 is 11.6 Å². The minimum Gasteiger partial charge on any atom is -0.363 e. The average Bonchev–Trinajstić information content (AvgIpc) is 2.45. The van der Waals surface area contributed by atoms with Crippen molar-refractivity contribution >= 4 is 33.0 Å². The molecule has 0 N–H and O–H groups in total. The van der Waals surface area contributed by atoms with Crippen molar-refractivity contribution in [2.24, 2.45) is 0 Å². The van der Waals surface area contributed by atoms with Crippen molar-refractivity contribution in [3.8, 4) is 0 Å².